The minimum atomic E-state index is -3.69. The first kappa shape index (κ1) is 12.4. The summed E-state index contributed by atoms with van der Waals surface area (Å²) in [6.07, 6.45) is 4.36. The molecule has 1 aliphatic rings. The molecule has 0 spiro atoms. The van der Waals surface area contributed by atoms with Crippen molar-refractivity contribution in [3.63, 3.8) is 0 Å². The molecule has 88 valence electrons. The summed E-state index contributed by atoms with van der Waals surface area (Å²) >= 11 is 0. The quantitative estimate of drug-likeness (QED) is 0.705. The van der Waals surface area contributed by atoms with Gasteiger partial charge in [0.05, 0.1) is 0 Å². The Morgan fingerprint density at radius 1 is 1.53 bits per heavy atom. The van der Waals surface area contributed by atoms with Crippen molar-refractivity contribution in [1.82, 2.24) is 4.72 Å². The van der Waals surface area contributed by atoms with Gasteiger partial charge in [-0.2, -0.15) is 0 Å². The van der Waals surface area contributed by atoms with E-state index in [0.29, 0.717) is 12.5 Å². The van der Waals surface area contributed by atoms with Gasteiger partial charge >= 0.3 is 5.97 Å². The third-order valence-electron chi connectivity index (χ3n) is 2.89. The van der Waals surface area contributed by atoms with Gasteiger partial charge in [-0.25, -0.2) is 13.1 Å². The number of carboxylic acids is 1. The van der Waals surface area contributed by atoms with Crippen molar-refractivity contribution in [2.75, 3.05) is 6.54 Å². The molecule has 0 aromatic carbocycles. The van der Waals surface area contributed by atoms with E-state index in [-0.39, 0.29) is 0 Å². The average molecular weight is 235 g/mol. The molecule has 1 unspecified atom stereocenters. The molecular formula is C9H17NO4S. The maximum atomic E-state index is 11.4. The Morgan fingerprint density at radius 3 is 2.53 bits per heavy atom. The Kier molecular flexibility index (Phi) is 4.10. The molecule has 1 atom stereocenters. The van der Waals surface area contributed by atoms with Crippen molar-refractivity contribution in [3.05, 3.63) is 0 Å². The average Bonchev–Trinajstić information content (AvgIpc) is 2.07. The van der Waals surface area contributed by atoms with Gasteiger partial charge in [-0.3, -0.25) is 4.79 Å². The Balaban J connectivity index is 2.32. The van der Waals surface area contributed by atoms with Crippen molar-refractivity contribution in [2.45, 2.75) is 37.9 Å². The first-order valence-electron chi connectivity index (χ1n) is 5.15. The number of rotatable bonds is 6. The van der Waals surface area contributed by atoms with Crippen LogP contribution in [0.15, 0.2) is 0 Å². The number of carbonyl (C=O) groups is 1. The fourth-order valence-electron chi connectivity index (χ4n) is 1.44. The molecule has 2 N–H and O–H groups in total. The van der Waals surface area contributed by atoms with Gasteiger partial charge in [-0.1, -0.05) is 19.3 Å². The first-order valence-corrected chi connectivity index (χ1v) is 6.69. The lowest BCUT2D eigenvalue weighted by Crippen LogP contribution is -2.38. The smallest absolute Gasteiger partial charge is 0.323 e. The third-order valence-corrected chi connectivity index (χ3v) is 4.63. The lowest BCUT2D eigenvalue weighted by Gasteiger charge is -2.25. The molecular weight excluding hydrogens is 218 g/mol. The zero-order valence-corrected chi connectivity index (χ0v) is 9.59. The molecule has 0 aromatic heterocycles. The van der Waals surface area contributed by atoms with E-state index in [1.165, 1.54) is 13.3 Å². The molecule has 0 bridgehead atoms. The number of carboxylic acid groups (broad SMARTS) is 1. The molecule has 0 saturated heterocycles. The van der Waals surface area contributed by atoms with E-state index < -0.39 is 21.2 Å². The van der Waals surface area contributed by atoms with E-state index in [4.69, 9.17) is 5.11 Å². The second-order valence-electron chi connectivity index (χ2n) is 4.01. The topological polar surface area (TPSA) is 83.5 Å². The molecule has 1 rings (SSSR count). The van der Waals surface area contributed by atoms with Crippen LogP contribution in [0.5, 0.6) is 0 Å². The summed E-state index contributed by atoms with van der Waals surface area (Å²) in [6.45, 7) is 1.53. The van der Waals surface area contributed by atoms with Crippen LogP contribution in [0.1, 0.15) is 32.6 Å². The van der Waals surface area contributed by atoms with E-state index in [0.717, 1.165) is 19.3 Å². The fourth-order valence-corrected chi connectivity index (χ4v) is 2.36. The molecule has 1 aliphatic carbocycles. The molecule has 0 heterocycles. The summed E-state index contributed by atoms with van der Waals surface area (Å²) < 4.78 is 25.1. The largest absolute Gasteiger partial charge is 0.480 e. The van der Waals surface area contributed by atoms with E-state index in [9.17, 15) is 13.2 Å². The van der Waals surface area contributed by atoms with Crippen LogP contribution in [-0.2, 0) is 14.8 Å². The summed E-state index contributed by atoms with van der Waals surface area (Å²) in [5, 5.41) is 7.19. The summed E-state index contributed by atoms with van der Waals surface area (Å²) in [7, 11) is -3.69. The third kappa shape index (κ3) is 3.46. The monoisotopic (exact) mass is 235 g/mol. The predicted molar refractivity (Wildman–Crippen MR) is 56.0 cm³/mol. The van der Waals surface area contributed by atoms with Gasteiger partial charge in [0.2, 0.25) is 10.0 Å². The Bertz CT molecular complexity index is 321. The molecule has 6 heteroatoms. The highest BCUT2D eigenvalue weighted by molar-refractivity contribution is 7.90. The zero-order chi connectivity index (χ0) is 11.5. The number of sulfonamides is 1. The van der Waals surface area contributed by atoms with Gasteiger partial charge in [0.25, 0.3) is 0 Å². The maximum Gasteiger partial charge on any atom is 0.323 e. The van der Waals surface area contributed by atoms with E-state index in [1.54, 1.807) is 0 Å². The molecule has 0 aromatic rings. The molecule has 0 amide bonds. The standard InChI is InChI=1S/C9H17NO4S/c1-7(9(11)12)15(13,14)10-6-5-8-3-2-4-8/h7-8,10H,2-6H2,1H3,(H,11,12). The number of aliphatic carboxylic acids is 1. The van der Waals surface area contributed by atoms with Crippen LogP contribution < -0.4 is 4.72 Å². The van der Waals surface area contributed by atoms with E-state index >= 15 is 0 Å². The molecule has 15 heavy (non-hydrogen) atoms. The fraction of sp³-hybridized carbons (Fsp3) is 0.889. The van der Waals surface area contributed by atoms with Gasteiger partial charge in [0.1, 0.15) is 0 Å². The van der Waals surface area contributed by atoms with Crippen LogP contribution in [0.3, 0.4) is 0 Å². The summed E-state index contributed by atoms with van der Waals surface area (Å²) in [6, 6.07) is 0. The Hall–Kier alpha value is -0.620. The van der Waals surface area contributed by atoms with Crippen molar-refractivity contribution < 1.29 is 18.3 Å². The lowest BCUT2D eigenvalue weighted by molar-refractivity contribution is -0.136. The second kappa shape index (κ2) is 4.94. The first-order chi connectivity index (χ1) is 6.93. The summed E-state index contributed by atoms with van der Waals surface area (Å²) in [5.74, 6) is -0.695. The van der Waals surface area contributed by atoms with Gasteiger partial charge in [0, 0.05) is 6.54 Å². The van der Waals surface area contributed by atoms with E-state index in [2.05, 4.69) is 4.72 Å². The molecule has 0 aliphatic heterocycles. The predicted octanol–water partition coefficient (Wildman–Crippen LogP) is 0.569. The summed E-state index contributed by atoms with van der Waals surface area (Å²) in [4.78, 5) is 10.5. The molecule has 1 saturated carbocycles. The zero-order valence-electron chi connectivity index (χ0n) is 8.77. The number of nitrogens with one attached hydrogen (secondary N) is 1. The van der Waals surface area contributed by atoms with Crippen LogP contribution in [0.4, 0.5) is 0 Å². The normalized spacial score (nSPS) is 19.5. The maximum absolute atomic E-state index is 11.4. The lowest BCUT2D eigenvalue weighted by atomic mass is 9.83. The minimum absolute atomic E-state index is 0.352. The second-order valence-corrected chi connectivity index (χ2v) is 6.09. The van der Waals surface area contributed by atoms with Crippen LogP contribution >= 0.6 is 0 Å². The van der Waals surface area contributed by atoms with Crippen LogP contribution in [0.2, 0.25) is 0 Å². The highest BCUT2D eigenvalue weighted by Crippen LogP contribution is 2.28. The van der Waals surface area contributed by atoms with Crippen molar-refractivity contribution >= 4 is 16.0 Å². The van der Waals surface area contributed by atoms with E-state index in [1.807, 2.05) is 0 Å². The molecule has 1 fully saturated rings. The Labute approximate surface area is 89.9 Å². The van der Waals surface area contributed by atoms with Crippen LogP contribution in [0.25, 0.3) is 0 Å². The highest BCUT2D eigenvalue weighted by Gasteiger charge is 2.27. The number of hydrogen-bond acceptors (Lipinski definition) is 3. The van der Waals surface area contributed by atoms with Crippen LogP contribution in [-0.4, -0.2) is 31.3 Å². The van der Waals surface area contributed by atoms with Gasteiger partial charge in [-0.05, 0) is 19.3 Å². The van der Waals surface area contributed by atoms with Gasteiger partial charge in [-0.15, -0.1) is 0 Å². The Morgan fingerprint density at radius 2 is 2.13 bits per heavy atom. The highest BCUT2D eigenvalue weighted by atomic mass is 32.2. The summed E-state index contributed by atoms with van der Waals surface area (Å²) in [5.41, 5.74) is 0. The van der Waals surface area contributed by atoms with Crippen molar-refractivity contribution in [1.29, 1.82) is 0 Å². The number of hydrogen-bond donors (Lipinski definition) is 2. The van der Waals surface area contributed by atoms with Crippen molar-refractivity contribution in [3.8, 4) is 0 Å². The minimum Gasteiger partial charge on any atom is -0.480 e. The molecule has 0 radical (unpaired) electrons. The SMILES string of the molecule is CC(C(=O)O)S(=O)(=O)NCCC1CCC1. The molecule has 5 nitrogen and oxygen atoms in total. The van der Waals surface area contributed by atoms with Gasteiger partial charge < -0.3 is 5.11 Å². The van der Waals surface area contributed by atoms with Crippen LogP contribution in [0, 0.1) is 5.92 Å². The van der Waals surface area contributed by atoms with Crippen molar-refractivity contribution in [2.24, 2.45) is 5.92 Å². The van der Waals surface area contributed by atoms with Gasteiger partial charge in [0.15, 0.2) is 5.25 Å².